The van der Waals surface area contributed by atoms with Crippen molar-refractivity contribution in [2.75, 3.05) is 9.80 Å². The summed E-state index contributed by atoms with van der Waals surface area (Å²) >= 11 is 0. The van der Waals surface area contributed by atoms with Gasteiger partial charge in [-0.2, -0.15) is 0 Å². The molecule has 74 heavy (non-hydrogen) atoms. The molecule has 0 atom stereocenters. The minimum absolute atomic E-state index is 0.207. The van der Waals surface area contributed by atoms with E-state index < -0.39 is 0 Å². The van der Waals surface area contributed by atoms with Gasteiger partial charge in [0, 0.05) is 67.8 Å². The Kier molecular flexibility index (Phi) is 8.05. The maximum absolute atomic E-state index is 7.44. The summed E-state index contributed by atoms with van der Waals surface area (Å²) in [6.45, 7) is -0.462. The van der Waals surface area contributed by atoms with Gasteiger partial charge >= 0.3 is 0 Å². The zero-order valence-corrected chi connectivity index (χ0v) is 39.7. The summed E-state index contributed by atoms with van der Waals surface area (Å²) in [7, 11) is 0. The van der Waals surface area contributed by atoms with E-state index in [2.05, 4.69) is 256 Å². The first-order valence-corrected chi connectivity index (χ1v) is 25.4. The minimum Gasteiger partial charge on any atom is -0.457 e. The van der Waals surface area contributed by atoms with Crippen LogP contribution in [0.25, 0.3) is 55.0 Å². The predicted octanol–water partition coefficient (Wildman–Crippen LogP) is 12.1. The quantitative estimate of drug-likeness (QED) is 0.165. The molecular formula is C65H39B2N5O2. The lowest BCUT2D eigenvalue weighted by Gasteiger charge is -2.41. The molecule has 9 heteroatoms. The number of rotatable bonds is 4. The van der Waals surface area contributed by atoms with E-state index in [9.17, 15) is 0 Å². The van der Waals surface area contributed by atoms with Crippen LogP contribution in [0.15, 0.2) is 237 Å². The molecule has 7 nitrogen and oxygen atoms in total. The molecule has 0 unspecified atom stereocenters. The van der Waals surface area contributed by atoms with Crippen molar-refractivity contribution in [1.29, 1.82) is 0 Å². The van der Waals surface area contributed by atoms with Gasteiger partial charge in [0.1, 0.15) is 17.2 Å². The molecule has 0 radical (unpaired) electrons. The molecule has 0 bridgehead atoms. The van der Waals surface area contributed by atoms with E-state index in [1.165, 1.54) is 27.0 Å². The predicted molar refractivity (Wildman–Crippen MR) is 305 cm³/mol. The molecule has 13 aromatic rings. The van der Waals surface area contributed by atoms with Crippen LogP contribution in [0.5, 0.6) is 23.1 Å². The summed E-state index contributed by atoms with van der Waals surface area (Å²) in [5.41, 5.74) is 19.4. The van der Waals surface area contributed by atoms with E-state index in [1.54, 1.807) is 0 Å². The second-order valence-electron chi connectivity index (χ2n) is 19.8. The van der Waals surface area contributed by atoms with Crippen LogP contribution in [0, 0.1) is 0 Å². The second kappa shape index (κ2) is 14.9. The average molecular weight is 944 g/mol. The maximum atomic E-state index is 7.44. The summed E-state index contributed by atoms with van der Waals surface area (Å²) in [5.74, 6) is 2.91. The van der Waals surface area contributed by atoms with Crippen molar-refractivity contribution in [2.24, 2.45) is 0 Å². The maximum Gasteiger partial charge on any atom is 0.279 e. The summed E-state index contributed by atoms with van der Waals surface area (Å²) < 4.78 is 19.6. The van der Waals surface area contributed by atoms with Gasteiger partial charge in [-0.05, 0) is 106 Å². The Morgan fingerprint density at radius 2 is 0.716 bits per heavy atom. The lowest BCUT2D eigenvalue weighted by atomic mass is 9.33. The van der Waals surface area contributed by atoms with E-state index in [1.807, 2.05) is 0 Å². The van der Waals surface area contributed by atoms with Gasteiger partial charge in [0.25, 0.3) is 13.4 Å². The van der Waals surface area contributed by atoms with Crippen LogP contribution in [0.3, 0.4) is 0 Å². The number of hydrogen-bond donors (Lipinski definition) is 0. The molecule has 3 aromatic heterocycles. The van der Waals surface area contributed by atoms with Crippen LogP contribution < -0.4 is 52.2 Å². The lowest BCUT2D eigenvalue weighted by molar-refractivity contribution is 0.458. The highest BCUT2D eigenvalue weighted by Gasteiger charge is 2.48. The van der Waals surface area contributed by atoms with E-state index in [0.29, 0.717) is 5.88 Å². The van der Waals surface area contributed by atoms with E-state index in [-0.39, 0.29) is 13.4 Å². The number of hydrogen-bond acceptors (Lipinski definition) is 5. The number of pyridine rings is 1. The molecule has 17 rings (SSSR count). The first-order valence-electron chi connectivity index (χ1n) is 25.4. The summed E-state index contributed by atoms with van der Waals surface area (Å²) in [6.07, 6.45) is 0. The van der Waals surface area contributed by atoms with Crippen LogP contribution in [0.4, 0.5) is 34.1 Å². The fraction of sp³-hybridized carbons (Fsp3) is 0. The first-order chi connectivity index (χ1) is 36.7. The Hall–Kier alpha value is -9.72. The molecule has 7 heterocycles. The van der Waals surface area contributed by atoms with Gasteiger partial charge in [0.2, 0.25) is 5.88 Å². The number of aromatic nitrogens is 3. The Bertz CT molecular complexity index is 4150. The topological polar surface area (TPSA) is 47.7 Å². The molecule has 0 spiro atoms. The van der Waals surface area contributed by atoms with Gasteiger partial charge in [-0.15, -0.1) is 0 Å². The van der Waals surface area contributed by atoms with Gasteiger partial charge in [0.05, 0.1) is 39.0 Å². The van der Waals surface area contributed by atoms with Crippen LogP contribution in [0.2, 0.25) is 0 Å². The molecule has 0 fully saturated rings. The van der Waals surface area contributed by atoms with Crippen LogP contribution in [-0.2, 0) is 0 Å². The third-order valence-corrected chi connectivity index (χ3v) is 16.0. The SMILES string of the molecule is c1ccc(N2c3ccccc3B3c4cc5c(nc4Oc4cc(-n6c7ccccc7c7ccccc76)cc2c43)B2c3ccccc3N(c3ccccc3)c3cc(-n4c6ccccc6c6ccccc64)cc(c32)O5)cc1. The average Bonchev–Trinajstić information content (AvgIpc) is 3.98. The van der Waals surface area contributed by atoms with Crippen molar-refractivity contribution >= 4 is 124 Å². The van der Waals surface area contributed by atoms with E-state index >= 15 is 0 Å². The first kappa shape index (κ1) is 39.9. The standard InChI is InChI=1S/C65H39B2N5O2/c1-3-19-40(20-4-1)69-55-33-17-11-27-48(55)66-50-39-61-64(68-65(50)74-60-38-43(35-57(69)62(60)66)72-53-31-15-9-25-46(53)47-26-10-16-32-54(47)72)67-49-28-12-18-34-56(49)70(41-21-5-2-6-22-41)58-36-42(37-59(73-61)63(58)67)71-51-29-13-7-23-44(51)45-24-8-14-30-52(45)71/h1-39H. The van der Waals surface area contributed by atoms with E-state index in [4.69, 9.17) is 14.5 Å². The number of para-hydroxylation sites is 8. The number of nitrogens with zero attached hydrogens (tertiary/aromatic N) is 5. The monoisotopic (exact) mass is 943 g/mol. The van der Waals surface area contributed by atoms with Crippen molar-refractivity contribution in [3.63, 3.8) is 0 Å². The highest BCUT2D eigenvalue weighted by molar-refractivity contribution is 7.00. The van der Waals surface area contributed by atoms with Crippen molar-refractivity contribution in [3.05, 3.63) is 237 Å². The fourth-order valence-electron chi connectivity index (χ4n) is 13.0. The molecule has 0 saturated carbocycles. The number of ether oxygens (including phenoxy) is 2. The third kappa shape index (κ3) is 5.39. The van der Waals surface area contributed by atoms with Crippen molar-refractivity contribution in [2.45, 2.75) is 0 Å². The molecule has 4 aliphatic heterocycles. The van der Waals surface area contributed by atoms with Gasteiger partial charge in [-0.25, -0.2) is 4.98 Å². The van der Waals surface area contributed by atoms with Crippen LogP contribution in [0.1, 0.15) is 0 Å². The molecule has 10 aromatic carbocycles. The molecule has 0 N–H and O–H groups in total. The molecule has 4 aliphatic rings. The van der Waals surface area contributed by atoms with Crippen molar-refractivity contribution in [3.8, 4) is 34.5 Å². The Labute approximate surface area is 426 Å². The van der Waals surface area contributed by atoms with Gasteiger partial charge < -0.3 is 28.4 Å². The molecule has 0 saturated heterocycles. The van der Waals surface area contributed by atoms with Crippen LogP contribution in [-0.4, -0.2) is 27.5 Å². The molecular weight excluding hydrogens is 904 g/mol. The Balaban J connectivity index is 0.921. The molecule has 342 valence electrons. The van der Waals surface area contributed by atoms with Gasteiger partial charge in [-0.1, -0.05) is 146 Å². The van der Waals surface area contributed by atoms with Gasteiger partial charge in [0.15, 0.2) is 0 Å². The normalized spacial score (nSPS) is 13.5. The Morgan fingerprint density at radius 3 is 1.22 bits per heavy atom. The van der Waals surface area contributed by atoms with Crippen molar-refractivity contribution in [1.82, 2.24) is 14.1 Å². The van der Waals surface area contributed by atoms with Crippen LogP contribution >= 0.6 is 0 Å². The highest BCUT2D eigenvalue weighted by atomic mass is 16.5. The number of anilines is 6. The molecule has 0 amide bonds. The molecule has 0 aliphatic carbocycles. The zero-order chi connectivity index (χ0) is 48.2. The van der Waals surface area contributed by atoms with E-state index in [0.717, 1.165) is 112 Å². The minimum atomic E-state index is -0.255. The fourth-order valence-corrected chi connectivity index (χ4v) is 13.0. The lowest BCUT2D eigenvalue weighted by Crippen LogP contribution is -2.63. The van der Waals surface area contributed by atoms with Gasteiger partial charge in [-0.3, -0.25) is 0 Å². The second-order valence-corrected chi connectivity index (χ2v) is 19.8. The summed E-state index contributed by atoms with van der Waals surface area (Å²) in [5, 5.41) is 4.83. The zero-order valence-electron chi connectivity index (χ0n) is 39.7. The number of fused-ring (bicyclic) bond motifs is 14. The third-order valence-electron chi connectivity index (χ3n) is 16.0. The largest absolute Gasteiger partial charge is 0.457 e. The van der Waals surface area contributed by atoms with Crippen molar-refractivity contribution < 1.29 is 9.47 Å². The highest BCUT2D eigenvalue weighted by Crippen LogP contribution is 2.46. The summed E-state index contributed by atoms with van der Waals surface area (Å²) in [6, 6.07) is 85.2. The number of benzene rings is 10. The smallest absolute Gasteiger partial charge is 0.279 e. The summed E-state index contributed by atoms with van der Waals surface area (Å²) in [4.78, 5) is 10.5. The Morgan fingerprint density at radius 1 is 0.311 bits per heavy atom.